The van der Waals surface area contributed by atoms with E-state index in [2.05, 4.69) is 25.1 Å². The highest BCUT2D eigenvalue weighted by Crippen LogP contribution is 2.13. The molecule has 0 fully saturated rings. The molecule has 0 bridgehead atoms. The minimum atomic E-state index is 0.0335. The highest BCUT2D eigenvalue weighted by molar-refractivity contribution is 5.01. The fraction of sp³-hybridized carbons (Fsp3) is 0.800. The van der Waals surface area contributed by atoms with E-state index in [1.165, 1.54) is 0 Å². The predicted molar refractivity (Wildman–Crippen MR) is 53.8 cm³/mol. The Hall–Kier alpha value is -0.520. The van der Waals surface area contributed by atoms with Crippen LogP contribution in [-0.2, 0) is 0 Å². The van der Waals surface area contributed by atoms with Gasteiger partial charge in [-0.05, 0) is 19.8 Å². The molecule has 2 heteroatoms. The van der Waals surface area contributed by atoms with Crippen LogP contribution in [0.3, 0.4) is 0 Å². The summed E-state index contributed by atoms with van der Waals surface area (Å²) in [5, 5.41) is 3.37. The van der Waals surface area contributed by atoms with Crippen molar-refractivity contribution < 1.29 is 0 Å². The lowest BCUT2D eigenvalue weighted by molar-refractivity contribution is 0.299. The molecule has 0 heterocycles. The Morgan fingerprint density at radius 2 is 2.00 bits per heavy atom. The molecule has 0 aromatic heterocycles. The van der Waals surface area contributed by atoms with Crippen LogP contribution in [0.4, 0.5) is 0 Å². The van der Waals surface area contributed by atoms with Crippen molar-refractivity contribution in [1.29, 1.82) is 0 Å². The van der Waals surface area contributed by atoms with Crippen molar-refractivity contribution >= 4 is 0 Å². The lowest BCUT2D eigenvalue weighted by Crippen LogP contribution is -2.53. The smallest absolute Gasteiger partial charge is 0.0663 e. The zero-order chi connectivity index (χ0) is 9.61. The largest absolute Gasteiger partial charge is 0.329 e. The van der Waals surface area contributed by atoms with Gasteiger partial charge in [0.25, 0.3) is 0 Å². The van der Waals surface area contributed by atoms with E-state index in [0.29, 0.717) is 6.54 Å². The number of nitrogens with two attached hydrogens (primary N) is 1. The third-order valence-electron chi connectivity index (χ3n) is 2.52. The molecule has 1 atom stereocenters. The van der Waals surface area contributed by atoms with E-state index in [4.69, 9.17) is 12.2 Å². The molecule has 0 aliphatic heterocycles. The molecule has 0 aliphatic carbocycles. The van der Waals surface area contributed by atoms with Gasteiger partial charge in [0.15, 0.2) is 0 Å². The molecule has 0 radical (unpaired) electrons. The zero-order valence-electron chi connectivity index (χ0n) is 8.35. The first-order valence-electron chi connectivity index (χ1n) is 4.58. The normalized spacial score (nSPS) is 13.9. The van der Waals surface area contributed by atoms with Crippen LogP contribution in [0.25, 0.3) is 0 Å². The molecule has 0 saturated heterocycles. The van der Waals surface area contributed by atoms with Crippen LogP contribution < -0.4 is 11.1 Å². The minimum absolute atomic E-state index is 0.0335. The number of hydrogen-bond donors (Lipinski definition) is 2. The van der Waals surface area contributed by atoms with E-state index in [1.54, 1.807) is 0 Å². The van der Waals surface area contributed by atoms with Crippen LogP contribution in [0, 0.1) is 12.3 Å². The second-order valence-corrected chi connectivity index (χ2v) is 3.22. The van der Waals surface area contributed by atoms with E-state index in [9.17, 15) is 0 Å². The molecule has 0 amide bonds. The first-order valence-corrected chi connectivity index (χ1v) is 4.58. The van der Waals surface area contributed by atoms with Gasteiger partial charge >= 0.3 is 0 Å². The van der Waals surface area contributed by atoms with Crippen molar-refractivity contribution in [3.63, 3.8) is 0 Å². The number of hydrogen-bond acceptors (Lipinski definition) is 2. The van der Waals surface area contributed by atoms with Crippen LogP contribution in [0.1, 0.15) is 33.6 Å². The second kappa shape index (κ2) is 5.18. The van der Waals surface area contributed by atoms with Gasteiger partial charge in [0, 0.05) is 12.1 Å². The molecule has 0 saturated carbocycles. The predicted octanol–water partition coefficient (Wildman–Crippen LogP) is 1.12. The highest BCUT2D eigenvalue weighted by atomic mass is 15.0. The topological polar surface area (TPSA) is 38.0 Å². The molecular formula is C10H20N2. The maximum absolute atomic E-state index is 5.70. The summed E-state index contributed by atoms with van der Waals surface area (Å²) in [4.78, 5) is 0. The Morgan fingerprint density at radius 3 is 2.25 bits per heavy atom. The summed E-state index contributed by atoms with van der Waals surface area (Å²) in [5.74, 6) is 2.66. The molecule has 0 aromatic carbocycles. The Kier molecular flexibility index (Phi) is 4.96. The number of terminal acetylenes is 1. The molecule has 0 aliphatic rings. The molecule has 70 valence electrons. The minimum Gasteiger partial charge on any atom is -0.329 e. The Morgan fingerprint density at radius 1 is 1.50 bits per heavy atom. The number of rotatable bonds is 5. The van der Waals surface area contributed by atoms with Gasteiger partial charge in [0.05, 0.1) is 6.04 Å². The van der Waals surface area contributed by atoms with Gasteiger partial charge in [-0.3, -0.25) is 5.32 Å². The summed E-state index contributed by atoms with van der Waals surface area (Å²) >= 11 is 0. The SMILES string of the molecule is C#CC(C)NC(CC)(CC)CN. The molecule has 3 N–H and O–H groups in total. The Bertz CT molecular complexity index is 145. The highest BCUT2D eigenvalue weighted by Gasteiger charge is 2.24. The van der Waals surface area contributed by atoms with Gasteiger partial charge in [-0.2, -0.15) is 0 Å². The van der Waals surface area contributed by atoms with Crippen molar-refractivity contribution in [3.8, 4) is 12.3 Å². The molecular weight excluding hydrogens is 148 g/mol. The van der Waals surface area contributed by atoms with Gasteiger partial charge in [0.2, 0.25) is 0 Å². The maximum atomic E-state index is 5.70. The van der Waals surface area contributed by atoms with Crippen molar-refractivity contribution in [2.75, 3.05) is 6.54 Å². The van der Waals surface area contributed by atoms with E-state index < -0.39 is 0 Å². The number of nitrogens with one attached hydrogen (secondary N) is 1. The Balaban J connectivity index is 4.22. The first kappa shape index (κ1) is 11.5. The Labute approximate surface area is 75.9 Å². The van der Waals surface area contributed by atoms with Gasteiger partial charge in [0.1, 0.15) is 0 Å². The van der Waals surface area contributed by atoms with Gasteiger partial charge in [-0.25, -0.2) is 0 Å². The van der Waals surface area contributed by atoms with Gasteiger partial charge in [-0.1, -0.05) is 19.8 Å². The van der Waals surface area contributed by atoms with E-state index in [0.717, 1.165) is 12.8 Å². The monoisotopic (exact) mass is 168 g/mol. The molecule has 1 unspecified atom stereocenters. The average molecular weight is 168 g/mol. The van der Waals surface area contributed by atoms with Crippen LogP contribution >= 0.6 is 0 Å². The lowest BCUT2D eigenvalue weighted by atomic mass is 9.92. The molecule has 0 rings (SSSR count). The second-order valence-electron chi connectivity index (χ2n) is 3.22. The van der Waals surface area contributed by atoms with E-state index in [1.807, 2.05) is 6.92 Å². The van der Waals surface area contributed by atoms with Crippen LogP contribution in [0.5, 0.6) is 0 Å². The maximum Gasteiger partial charge on any atom is 0.0663 e. The van der Waals surface area contributed by atoms with Gasteiger partial charge < -0.3 is 5.73 Å². The van der Waals surface area contributed by atoms with E-state index in [-0.39, 0.29) is 11.6 Å². The van der Waals surface area contributed by atoms with E-state index >= 15 is 0 Å². The van der Waals surface area contributed by atoms with Crippen molar-refractivity contribution in [1.82, 2.24) is 5.32 Å². The fourth-order valence-corrected chi connectivity index (χ4v) is 1.30. The van der Waals surface area contributed by atoms with Crippen molar-refractivity contribution in [3.05, 3.63) is 0 Å². The summed E-state index contributed by atoms with van der Waals surface area (Å²) in [6.45, 7) is 6.89. The van der Waals surface area contributed by atoms with Crippen molar-refractivity contribution in [2.45, 2.75) is 45.2 Å². The molecule has 0 spiro atoms. The fourth-order valence-electron chi connectivity index (χ4n) is 1.30. The van der Waals surface area contributed by atoms with Crippen LogP contribution in [0.2, 0.25) is 0 Å². The quantitative estimate of drug-likeness (QED) is 0.604. The summed E-state index contributed by atoms with van der Waals surface area (Å²) < 4.78 is 0. The molecule has 12 heavy (non-hydrogen) atoms. The average Bonchev–Trinajstić information content (AvgIpc) is 2.14. The summed E-state index contributed by atoms with van der Waals surface area (Å²) in [5.41, 5.74) is 5.73. The summed E-state index contributed by atoms with van der Waals surface area (Å²) in [7, 11) is 0. The first-order chi connectivity index (χ1) is 5.64. The molecule has 0 aromatic rings. The third-order valence-corrected chi connectivity index (χ3v) is 2.52. The standard InChI is InChI=1S/C10H20N2/c1-5-9(4)12-10(6-2,7-3)8-11/h1,9,12H,6-8,11H2,2-4H3. The van der Waals surface area contributed by atoms with Crippen LogP contribution in [0.15, 0.2) is 0 Å². The summed E-state index contributed by atoms with van der Waals surface area (Å²) in [6, 6.07) is 0.105. The zero-order valence-corrected chi connectivity index (χ0v) is 8.35. The van der Waals surface area contributed by atoms with Crippen molar-refractivity contribution in [2.24, 2.45) is 5.73 Å². The third kappa shape index (κ3) is 2.84. The lowest BCUT2D eigenvalue weighted by Gasteiger charge is -2.33. The van der Waals surface area contributed by atoms with Gasteiger partial charge in [-0.15, -0.1) is 6.42 Å². The van der Waals surface area contributed by atoms with Crippen LogP contribution in [-0.4, -0.2) is 18.1 Å². The molecule has 2 nitrogen and oxygen atoms in total. The summed E-state index contributed by atoms with van der Waals surface area (Å²) in [6.07, 6.45) is 7.33.